The summed E-state index contributed by atoms with van der Waals surface area (Å²) in [6.45, 7) is 4.58. The van der Waals surface area contributed by atoms with Crippen LogP contribution in [0.1, 0.15) is 54.5 Å². The molecule has 2 aromatic rings. The SMILES string of the molecule is CC(C)[C@@H]1CCc2ccc(C(O)c3ccccc3)cc21. The third kappa shape index (κ3) is 2.38. The predicted molar refractivity (Wildman–Crippen MR) is 82.8 cm³/mol. The summed E-state index contributed by atoms with van der Waals surface area (Å²) < 4.78 is 0. The van der Waals surface area contributed by atoms with Gasteiger partial charge in [0.25, 0.3) is 0 Å². The largest absolute Gasteiger partial charge is 0.384 e. The van der Waals surface area contributed by atoms with Crippen LogP contribution in [0.2, 0.25) is 0 Å². The third-order valence-corrected chi connectivity index (χ3v) is 4.53. The van der Waals surface area contributed by atoms with Crippen molar-refractivity contribution in [2.45, 2.75) is 38.7 Å². The molecule has 0 amide bonds. The Morgan fingerprint density at radius 1 is 1.00 bits per heavy atom. The zero-order valence-electron chi connectivity index (χ0n) is 12.2. The van der Waals surface area contributed by atoms with Gasteiger partial charge >= 0.3 is 0 Å². The first-order valence-corrected chi connectivity index (χ1v) is 7.52. The van der Waals surface area contributed by atoms with E-state index < -0.39 is 6.10 Å². The number of aliphatic hydroxyl groups is 1. The molecule has 0 spiro atoms. The molecule has 0 fully saturated rings. The first-order valence-electron chi connectivity index (χ1n) is 7.52. The molecule has 1 heteroatoms. The maximum Gasteiger partial charge on any atom is 0.104 e. The summed E-state index contributed by atoms with van der Waals surface area (Å²) in [5, 5.41) is 10.5. The van der Waals surface area contributed by atoms with E-state index in [0.717, 1.165) is 11.1 Å². The number of benzene rings is 2. The molecule has 0 saturated carbocycles. The zero-order valence-corrected chi connectivity index (χ0v) is 12.2. The Labute approximate surface area is 121 Å². The molecule has 2 aromatic carbocycles. The highest BCUT2D eigenvalue weighted by molar-refractivity contribution is 5.41. The lowest BCUT2D eigenvalue weighted by Crippen LogP contribution is -2.05. The minimum atomic E-state index is -0.519. The van der Waals surface area contributed by atoms with Crippen LogP contribution in [0.15, 0.2) is 48.5 Å². The van der Waals surface area contributed by atoms with Crippen LogP contribution in [0.25, 0.3) is 0 Å². The fourth-order valence-electron chi connectivity index (χ4n) is 3.34. The van der Waals surface area contributed by atoms with Gasteiger partial charge in [0.1, 0.15) is 6.10 Å². The Morgan fingerprint density at radius 3 is 2.45 bits per heavy atom. The Bertz CT molecular complexity index is 586. The Morgan fingerprint density at radius 2 is 1.75 bits per heavy atom. The van der Waals surface area contributed by atoms with Crippen molar-refractivity contribution in [2.24, 2.45) is 5.92 Å². The number of aryl methyl sites for hydroxylation is 1. The molecule has 0 aliphatic heterocycles. The Hall–Kier alpha value is -1.60. The summed E-state index contributed by atoms with van der Waals surface area (Å²) in [4.78, 5) is 0. The van der Waals surface area contributed by atoms with E-state index in [4.69, 9.17) is 0 Å². The standard InChI is InChI=1S/C19H22O/c1-13(2)17-11-10-14-8-9-16(12-18(14)17)19(20)15-6-4-3-5-7-15/h3-9,12-13,17,19-20H,10-11H2,1-2H3/t17-,19?/m0/s1. The molecule has 1 aliphatic rings. The number of fused-ring (bicyclic) bond motifs is 1. The van der Waals surface area contributed by atoms with Crippen LogP contribution in [0.4, 0.5) is 0 Å². The lowest BCUT2D eigenvalue weighted by atomic mass is 9.88. The smallest absolute Gasteiger partial charge is 0.104 e. The maximum absolute atomic E-state index is 10.5. The van der Waals surface area contributed by atoms with Crippen molar-refractivity contribution in [1.82, 2.24) is 0 Å². The molecule has 0 radical (unpaired) electrons. The van der Waals surface area contributed by atoms with E-state index in [1.165, 1.54) is 24.0 Å². The van der Waals surface area contributed by atoms with Gasteiger partial charge in [0.05, 0.1) is 0 Å². The van der Waals surface area contributed by atoms with E-state index >= 15 is 0 Å². The lowest BCUT2D eigenvalue weighted by molar-refractivity contribution is 0.220. The van der Waals surface area contributed by atoms with Gasteiger partial charge in [-0.1, -0.05) is 62.4 Å². The molecule has 1 N–H and O–H groups in total. The molecule has 1 aliphatic carbocycles. The zero-order chi connectivity index (χ0) is 14.1. The van der Waals surface area contributed by atoms with Crippen molar-refractivity contribution in [3.05, 3.63) is 70.8 Å². The van der Waals surface area contributed by atoms with E-state index in [2.05, 4.69) is 32.0 Å². The second-order valence-corrected chi connectivity index (χ2v) is 6.16. The summed E-state index contributed by atoms with van der Waals surface area (Å²) in [5.41, 5.74) is 4.90. The molecule has 0 aromatic heterocycles. The van der Waals surface area contributed by atoms with Gasteiger partial charge < -0.3 is 5.11 Å². The molecule has 0 saturated heterocycles. The van der Waals surface area contributed by atoms with Crippen LogP contribution in [0.3, 0.4) is 0 Å². The van der Waals surface area contributed by atoms with E-state index in [-0.39, 0.29) is 0 Å². The van der Waals surface area contributed by atoms with Crippen molar-refractivity contribution in [3.63, 3.8) is 0 Å². The molecule has 104 valence electrons. The van der Waals surface area contributed by atoms with Gasteiger partial charge in [-0.05, 0) is 46.9 Å². The first kappa shape index (κ1) is 13.4. The molecular formula is C19H22O. The summed E-state index contributed by atoms with van der Waals surface area (Å²) >= 11 is 0. The molecule has 1 unspecified atom stereocenters. The van der Waals surface area contributed by atoms with Crippen LogP contribution in [-0.4, -0.2) is 5.11 Å². The Kier molecular flexibility index (Phi) is 3.62. The van der Waals surface area contributed by atoms with Gasteiger partial charge in [0.15, 0.2) is 0 Å². The number of aliphatic hydroxyl groups excluding tert-OH is 1. The second-order valence-electron chi connectivity index (χ2n) is 6.16. The van der Waals surface area contributed by atoms with E-state index in [1.807, 2.05) is 30.3 Å². The van der Waals surface area contributed by atoms with Crippen molar-refractivity contribution in [2.75, 3.05) is 0 Å². The molecule has 0 heterocycles. The van der Waals surface area contributed by atoms with Crippen molar-refractivity contribution in [1.29, 1.82) is 0 Å². The van der Waals surface area contributed by atoms with E-state index in [0.29, 0.717) is 11.8 Å². The summed E-state index contributed by atoms with van der Waals surface area (Å²) in [5.74, 6) is 1.31. The van der Waals surface area contributed by atoms with Gasteiger partial charge in [0.2, 0.25) is 0 Å². The highest BCUT2D eigenvalue weighted by Gasteiger charge is 2.26. The van der Waals surface area contributed by atoms with Gasteiger partial charge in [-0.25, -0.2) is 0 Å². The summed E-state index contributed by atoms with van der Waals surface area (Å²) in [7, 11) is 0. The van der Waals surface area contributed by atoms with Crippen molar-refractivity contribution in [3.8, 4) is 0 Å². The maximum atomic E-state index is 10.5. The average Bonchev–Trinajstić information content (AvgIpc) is 2.90. The molecule has 20 heavy (non-hydrogen) atoms. The average molecular weight is 266 g/mol. The van der Waals surface area contributed by atoms with Crippen LogP contribution >= 0.6 is 0 Å². The minimum Gasteiger partial charge on any atom is -0.384 e. The molecule has 3 rings (SSSR count). The third-order valence-electron chi connectivity index (χ3n) is 4.53. The van der Waals surface area contributed by atoms with Crippen LogP contribution in [0.5, 0.6) is 0 Å². The summed E-state index contributed by atoms with van der Waals surface area (Å²) in [6, 6.07) is 16.4. The molecule has 1 nitrogen and oxygen atoms in total. The quantitative estimate of drug-likeness (QED) is 0.870. The first-order chi connectivity index (χ1) is 9.66. The Balaban J connectivity index is 1.95. The summed E-state index contributed by atoms with van der Waals surface area (Å²) in [6.07, 6.45) is 1.91. The van der Waals surface area contributed by atoms with Gasteiger partial charge in [-0.3, -0.25) is 0 Å². The van der Waals surface area contributed by atoms with E-state index in [1.54, 1.807) is 0 Å². The van der Waals surface area contributed by atoms with Gasteiger partial charge in [-0.2, -0.15) is 0 Å². The van der Waals surface area contributed by atoms with Gasteiger partial charge in [-0.15, -0.1) is 0 Å². The highest BCUT2D eigenvalue weighted by Crippen LogP contribution is 2.39. The van der Waals surface area contributed by atoms with Crippen molar-refractivity contribution >= 4 is 0 Å². The van der Waals surface area contributed by atoms with E-state index in [9.17, 15) is 5.11 Å². The number of hydrogen-bond acceptors (Lipinski definition) is 1. The topological polar surface area (TPSA) is 20.2 Å². The fourth-order valence-corrected chi connectivity index (χ4v) is 3.34. The highest BCUT2D eigenvalue weighted by atomic mass is 16.3. The van der Waals surface area contributed by atoms with Crippen LogP contribution in [0, 0.1) is 5.92 Å². The lowest BCUT2D eigenvalue weighted by Gasteiger charge is -2.18. The minimum absolute atomic E-state index is 0.519. The predicted octanol–water partition coefficient (Wildman–Crippen LogP) is 4.45. The van der Waals surface area contributed by atoms with Crippen LogP contribution in [-0.2, 0) is 6.42 Å². The van der Waals surface area contributed by atoms with Crippen molar-refractivity contribution < 1.29 is 5.11 Å². The van der Waals surface area contributed by atoms with Crippen LogP contribution < -0.4 is 0 Å². The number of rotatable bonds is 3. The number of hydrogen-bond donors (Lipinski definition) is 1. The molecular weight excluding hydrogens is 244 g/mol. The molecule has 0 bridgehead atoms. The molecule has 2 atom stereocenters. The monoisotopic (exact) mass is 266 g/mol. The second kappa shape index (κ2) is 5.41. The fraction of sp³-hybridized carbons (Fsp3) is 0.368. The normalized spacial score (nSPS) is 19.1. The van der Waals surface area contributed by atoms with Gasteiger partial charge in [0, 0.05) is 0 Å².